The minimum atomic E-state index is -0.483. The summed E-state index contributed by atoms with van der Waals surface area (Å²) >= 11 is 3.51. The standard InChI is InChI=1S/C17H17BrF2O/c1-21-14-9-6-12(7-10-14)5-8-13(18)11-15-16(19)3-2-4-17(15)20/h2-4,6-7,9-10,13H,5,8,11H2,1H3. The second-order valence-electron chi connectivity index (χ2n) is 4.89. The molecule has 1 atom stereocenters. The summed E-state index contributed by atoms with van der Waals surface area (Å²) in [6.07, 6.45) is 1.99. The van der Waals surface area contributed by atoms with Crippen LogP contribution in [0, 0.1) is 11.6 Å². The van der Waals surface area contributed by atoms with E-state index in [0.29, 0.717) is 6.42 Å². The number of alkyl halides is 1. The number of hydrogen-bond donors (Lipinski definition) is 0. The molecule has 1 unspecified atom stereocenters. The molecule has 112 valence electrons. The third-order valence-electron chi connectivity index (χ3n) is 3.39. The first kappa shape index (κ1) is 16.0. The molecule has 2 aromatic rings. The Bertz CT molecular complexity index is 564. The maximum atomic E-state index is 13.6. The number of aryl methyl sites for hydroxylation is 1. The van der Waals surface area contributed by atoms with Crippen LogP contribution in [-0.4, -0.2) is 11.9 Å². The van der Waals surface area contributed by atoms with Crippen molar-refractivity contribution in [3.8, 4) is 5.75 Å². The summed E-state index contributed by atoms with van der Waals surface area (Å²) in [6, 6.07) is 11.8. The maximum Gasteiger partial charge on any atom is 0.129 e. The molecule has 2 rings (SSSR count). The van der Waals surface area contributed by atoms with E-state index in [-0.39, 0.29) is 10.4 Å². The van der Waals surface area contributed by atoms with Gasteiger partial charge in [0.25, 0.3) is 0 Å². The van der Waals surface area contributed by atoms with E-state index in [2.05, 4.69) is 15.9 Å². The van der Waals surface area contributed by atoms with Gasteiger partial charge in [0.1, 0.15) is 17.4 Å². The number of methoxy groups -OCH3 is 1. The SMILES string of the molecule is COc1ccc(CCC(Br)Cc2c(F)cccc2F)cc1. The van der Waals surface area contributed by atoms with Crippen molar-refractivity contribution in [2.45, 2.75) is 24.1 Å². The van der Waals surface area contributed by atoms with Gasteiger partial charge in [0.05, 0.1) is 7.11 Å². The van der Waals surface area contributed by atoms with E-state index in [0.717, 1.165) is 18.6 Å². The van der Waals surface area contributed by atoms with Crippen molar-refractivity contribution in [3.63, 3.8) is 0 Å². The van der Waals surface area contributed by atoms with Crippen molar-refractivity contribution in [2.24, 2.45) is 0 Å². The maximum absolute atomic E-state index is 13.6. The zero-order valence-electron chi connectivity index (χ0n) is 11.8. The Hall–Kier alpha value is -1.42. The van der Waals surface area contributed by atoms with Gasteiger partial charge in [-0.1, -0.05) is 34.1 Å². The molecule has 4 heteroatoms. The molecule has 0 aliphatic heterocycles. The molecule has 0 spiro atoms. The first-order valence-corrected chi connectivity index (χ1v) is 7.71. The van der Waals surface area contributed by atoms with Gasteiger partial charge in [0.2, 0.25) is 0 Å². The van der Waals surface area contributed by atoms with E-state index < -0.39 is 11.6 Å². The fourth-order valence-electron chi connectivity index (χ4n) is 2.17. The van der Waals surface area contributed by atoms with Crippen LogP contribution in [0.25, 0.3) is 0 Å². The Balaban J connectivity index is 1.91. The molecule has 1 nitrogen and oxygen atoms in total. The Labute approximate surface area is 132 Å². The molecule has 0 aromatic heterocycles. The number of hydrogen-bond acceptors (Lipinski definition) is 1. The molecule has 0 saturated heterocycles. The summed E-state index contributed by atoms with van der Waals surface area (Å²) < 4.78 is 32.3. The van der Waals surface area contributed by atoms with Crippen LogP contribution in [0.2, 0.25) is 0 Å². The quantitative estimate of drug-likeness (QED) is 0.669. The summed E-state index contributed by atoms with van der Waals surface area (Å²) in [5, 5.41) is 0. The van der Waals surface area contributed by atoms with Gasteiger partial charge in [0.15, 0.2) is 0 Å². The molecule has 2 aromatic carbocycles. The Morgan fingerprint density at radius 3 is 2.24 bits per heavy atom. The minimum absolute atomic E-state index is 0.0333. The van der Waals surface area contributed by atoms with Crippen LogP contribution in [-0.2, 0) is 12.8 Å². The Morgan fingerprint density at radius 2 is 1.67 bits per heavy atom. The average molecular weight is 355 g/mol. The van der Waals surface area contributed by atoms with Crippen LogP contribution in [0.4, 0.5) is 8.78 Å². The van der Waals surface area contributed by atoms with E-state index in [1.54, 1.807) is 7.11 Å². The monoisotopic (exact) mass is 354 g/mol. The van der Waals surface area contributed by atoms with Crippen molar-refractivity contribution in [3.05, 3.63) is 65.2 Å². The highest BCUT2D eigenvalue weighted by molar-refractivity contribution is 9.09. The number of rotatable bonds is 6. The van der Waals surface area contributed by atoms with Gasteiger partial charge in [-0.3, -0.25) is 0 Å². The van der Waals surface area contributed by atoms with E-state index in [1.165, 1.54) is 23.8 Å². The van der Waals surface area contributed by atoms with E-state index >= 15 is 0 Å². The van der Waals surface area contributed by atoms with Crippen LogP contribution in [0.15, 0.2) is 42.5 Å². The van der Waals surface area contributed by atoms with Crippen molar-refractivity contribution in [2.75, 3.05) is 7.11 Å². The van der Waals surface area contributed by atoms with E-state index in [1.807, 2.05) is 24.3 Å². The van der Waals surface area contributed by atoms with E-state index in [9.17, 15) is 8.78 Å². The van der Waals surface area contributed by atoms with Crippen molar-refractivity contribution < 1.29 is 13.5 Å². The van der Waals surface area contributed by atoms with E-state index in [4.69, 9.17) is 4.74 Å². The van der Waals surface area contributed by atoms with Gasteiger partial charge < -0.3 is 4.74 Å². The largest absolute Gasteiger partial charge is 0.497 e. The minimum Gasteiger partial charge on any atom is -0.497 e. The summed E-state index contributed by atoms with van der Waals surface area (Å²) in [4.78, 5) is 0.0333. The summed E-state index contributed by atoms with van der Waals surface area (Å²) in [5.74, 6) is -0.143. The molecule has 0 aliphatic carbocycles. The van der Waals surface area contributed by atoms with Gasteiger partial charge >= 0.3 is 0 Å². The first-order chi connectivity index (χ1) is 10.1. The van der Waals surface area contributed by atoms with Gasteiger partial charge in [-0.15, -0.1) is 0 Å². The van der Waals surface area contributed by atoms with Crippen LogP contribution < -0.4 is 4.74 Å². The smallest absolute Gasteiger partial charge is 0.129 e. The lowest BCUT2D eigenvalue weighted by atomic mass is 10.0. The second kappa shape index (κ2) is 7.55. The Morgan fingerprint density at radius 1 is 1.05 bits per heavy atom. The highest BCUT2D eigenvalue weighted by Crippen LogP contribution is 2.21. The molecule has 0 amide bonds. The van der Waals surface area contributed by atoms with Gasteiger partial charge in [-0.25, -0.2) is 8.78 Å². The van der Waals surface area contributed by atoms with Crippen LogP contribution in [0.5, 0.6) is 5.75 Å². The van der Waals surface area contributed by atoms with Gasteiger partial charge in [0, 0.05) is 10.4 Å². The molecule has 0 saturated carbocycles. The predicted molar refractivity (Wildman–Crippen MR) is 84.1 cm³/mol. The molecule has 0 radical (unpaired) electrons. The highest BCUT2D eigenvalue weighted by atomic mass is 79.9. The summed E-state index contributed by atoms with van der Waals surface area (Å²) in [5.41, 5.74) is 1.32. The summed E-state index contributed by atoms with van der Waals surface area (Å²) in [6.45, 7) is 0. The topological polar surface area (TPSA) is 9.23 Å². The third kappa shape index (κ3) is 4.53. The van der Waals surface area contributed by atoms with Crippen LogP contribution in [0.1, 0.15) is 17.5 Å². The lowest BCUT2D eigenvalue weighted by Crippen LogP contribution is -2.08. The molecule has 0 N–H and O–H groups in total. The highest BCUT2D eigenvalue weighted by Gasteiger charge is 2.13. The van der Waals surface area contributed by atoms with Crippen LogP contribution >= 0.6 is 15.9 Å². The first-order valence-electron chi connectivity index (χ1n) is 6.80. The van der Waals surface area contributed by atoms with Crippen LogP contribution in [0.3, 0.4) is 0 Å². The fraction of sp³-hybridized carbons (Fsp3) is 0.294. The molecular weight excluding hydrogens is 338 g/mol. The molecule has 21 heavy (non-hydrogen) atoms. The zero-order valence-corrected chi connectivity index (χ0v) is 13.4. The van der Waals surface area contributed by atoms with Gasteiger partial charge in [-0.05, 0) is 49.1 Å². The number of halogens is 3. The second-order valence-corrected chi connectivity index (χ2v) is 6.18. The summed E-state index contributed by atoms with van der Waals surface area (Å²) in [7, 11) is 1.63. The fourth-order valence-corrected chi connectivity index (χ4v) is 2.72. The molecule has 0 heterocycles. The Kier molecular flexibility index (Phi) is 5.74. The number of benzene rings is 2. The zero-order chi connectivity index (χ0) is 15.2. The lowest BCUT2D eigenvalue weighted by Gasteiger charge is -2.11. The average Bonchev–Trinajstić information content (AvgIpc) is 2.49. The number of ether oxygens (including phenoxy) is 1. The molecule has 0 bridgehead atoms. The van der Waals surface area contributed by atoms with Gasteiger partial charge in [-0.2, -0.15) is 0 Å². The molecule has 0 aliphatic rings. The van der Waals surface area contributed by atoms with Crippen molar-refractivity contribution in [1.29, 1.82) is 0 Å². The van der Waals surface area contributed by atoms with Crippen molar-refractivity contribution >= 4 is 15.9 Å². The normalized spacial score (nSPS) is 12.2. The third-order valence-corrected chi connectivity index (χ3v) is 4.17. The predicted octanol–water partition coefficient (Wildman–Crippen LogP) is 4.91. The molecule has 0 fully saturated rings. The van der Waals surface area contributed by atoms with Crippen molar-refractivity contribution in [1.82, 2.24) is 0 Å². The molecular formula is C17H17BrF2O. The lowest BCUT2D eigenvalue weighted by molar-refractivity contribution is 0.414.